The lowest BCUT2D eigenvalue weighted by molar-refractivity contribution is 0.242. The van der Waals surface area contributed by atoms with E-state index < -0.39 is 0 Å². The molecule has 0 spiro atoms. The number of nitrogens with two attached hydrogens (primary N) is 1. The van der Waals surface area contributed by atoms with Gasteiger partial charge in [0.05, 0.1) is 0 Å². The standard InChI is InChI=1S/C15H14ClNO.ClH/c16-14-7-2-1-5-12(14)13-6-3-4-10-8-11(9-17)18-15(10)13;/h1-7,11H,8-9,17H2;1H. The fourth-order valence-corrected chi connectivity index (χ4v) is 2.60. The van der Waals surface area contributed by atoms with Crippen LogP contribution in [0.1, 0.15) is 5.56 Å². The highest BCUT2D eigenvalue weighted by molar-refractivity contribution is 6.33. The minimum absolute atomic E-state index is 0. The van der Waals surface area contributed by atoms with E-state index in [-0.39, 0.29) is 18.5 Å². The number of halogens is 2. The highest BCUT2D eigenvalue weighted by Gasteiger charge is 2.24. The summed E-state index contributed by atoms with van der Waals surface area (Å²) in [7, 11) is 0. The van der Waals surface area contributed by atoms with Crippen molar-refractivity contribution in [2.45, 2.75) is 12.5 Å². The molecule has 0 amide bonds. The molecule has 2 nitrogen and oxygen atoms in total. The zero-order valence-electron chi connectivity index (χ0n) is 10.3. The largest absolute Gasteiger partial charge is 0.488 e. The van der Waals surface area contributed by atoms with E-state index in [1.54, 1.807) is 0 Å². The SMILES string of the molecule is Cl.NCC1Cc2cccc(-c3ccccc3Cl)c2O1. The molecule has 1 atom stereocenters. The first kappa shape index (κ1) is 14.2. The molecule has 100 valence electrons. The number of benzene rings is 2. The van der Waals surface area contributed by atoms with Crippen LogP contribution in [-0.4, -0.2) is 12.6 Å². The first-order valence-electron chi connectivity index (χ1n) is 6.03. The number of para-hydroxylation sites is 1. The molecule has 0 aromatic heterocycles. The van der Waals surface area contributed by atoms with Gasteiger partial charge in [0.25, 0.3) is 0 Å². The molecule has 0 fully saturated rings. The molecule has 1 unspecified atom stereocenters. The molecule has 0 saturated heterocycles. The Morgan fingerprint density at radius 3 is 2.58 bits per heavy atom. The van der Waals surface area contributed by atoms with E-state index in [0.29, 0.717) is 6.54 Å². The van der Waals surface area contributed by atoms with E-state index in [9.17, 15) is 0 Å². The van der Waals surface area contributed by atoms with Gasteiger partial charge in [0.15, 0.2) is 0 Å². The Bertz CT molecular complexity index is 586. The highest BCUT2D eigenvalue weighted by atomic mass is 35.5. The summed E-state index contributed by atoms with van der Waals surface area (Å²) < 4.78 is 5.91. The zero-order valence-corrected chi connectivity index (χ0v) is 11.9. The molecule has 1 aliphatic rings. The first-order valence-corrected chi connectivity index (χ1v) is 6.41. The average molecular weight is 296 g/mol. The lowest BCUT2D eigenvalue weighted by atomic mass is 10.0. The van der Waals surface area contributed by atoms with Crippen molar-refractivity contribution in [1.29, 1.82) is 0 Å². The second kappa shape index (κ2) is 5.83. The van der Waals surface area contributed by atoms with Crippen LogP contribution in [0, 0.1) is 0 Å². The van der Waals surface area contributed by atoms with Gasteiger partial charge >= 0.3 is 0 Å². The fraction of sp³-hybridized carbons (Fsp3) is 0.200. The number of hydrogen-bond donors (Lipinski definition) is 1. The van der Waals surface area contributed by atoms with Crippen LogP contribution in [0.15, 0.2) is 42.5 Å². The van der Waals surface area contributed by atoms with Gasteiger partial charge in [0.1, 0.15) is 11.9 Å². The van der Waals surface area contributed by atoms with E-state index in [4.69, 9.17) is 22.1 Å². The van der Waals surface area contributed by atoms with E-state index in [1.807, 2.05) is 36.4 Å². The molecule has 4 heteroatoms. The third-order valence-electron chi connectivity index (χ3n) is 3.26. The lowest BCUT2D eigenvalue weighted by Crippen LogP contribution is -2.24. The molecular weight excluding hydrogens is 281 g/mol. The molecule has 1 heterocycles. The van der Waals surface area contributed by atoms with Crippen LogP contribution in [0.3, 0.4) is 0 Å². The normalized spacial score (nSPS) is 16.4. The minimum Gasteiger partial charge on any atom is -0.488 e. The number of ether oxygens (including phenoxy) is 1. The monoisotopic (exact) mass is 295 g/mol. The highest BCUT2D eigenvalue weighted by Crippen LogP contribution is 2.40. The van der Waals surface area contributed by atoms with Crippen molar-refractivity contribution in [1.82, 2.24) is 0 Å². The van der Waals surface area contributed by atoms with Crippen molar-refractivity contribution in [2.24, 2.45) is 5.73 Å². The minimum atomic E-state index is 0. The van der Waals surface area contributed by atoms with Gasteiger partial charge in [0, 0.05) is 29.1 Å². The van der Waals surface area contributed by atoms with Crippen LogP contribution in [0.2, 0.25) is 5.02 Å². The van der Waals surface area contributed by atoms with Crippen molar-refractivity contribution in [3.8, 4) is 16.9 Å². The molecule has 1 aliphatic heterocycles. The predicted molar refractivity (Wildman–Crippen MR) is 81.3 cm³/mol. The van der Waals surface area contributed by atoms with Crippen LogP contribution in [0.4, 0.5) is 0 Å². The molecule has 2 aromatic rings. The average Bonchev–Trinajstić information content (AvgIpc) is 2.82. The number of fused-ring (bicyclic) bond motifs is 1. The Kier molecular flexibility index (Phi) is 4.35. The summed E-state index contributed by atoms with van der Waals surface area (Å²) in [5.74, 6) is 0.932. The van der Waals surface area contributed by atoms with E-state index in [1.165, 1.54) is 5.56 Å². The third-order valence-corrected chi connectivity index (χ3v) is 3.59. The summed E-state index contributed by atoms with van der Waals surface area (Å²) >= 11 is 6.25. The topological polar surface area (TPSA) is 35.2 Å². The van der Waals surface area contributed by atoms with Crippen molar-refractivity contribution in [3.05, 3.63) is 53.1 Å². The summed E-state index contributed by atoms with van der Waals surface area (Å²) in [6, 6.07) is 14.0. The summed E-state index contributed by atoms with van der Waals surface area (Å²) in [4.78, 5) is 0. The molecule has 2 N–H and O–H groups in total. The Morgan fingerprint density at radius 2 is 1.84 bits per heavy atom. The van der Waals surface area contributed by atoms with Gasteiger partial charge < -0.3 is 10.5 Å². The molecular formula is C15H15Cl2NO. The Labute approximate surface area is 123 Å². The molecule has 3 rings (SSSR count). The quantitative estimate of drug-likeness (QED) is 0.917. The smallest absolute Gasteiger partial charge is 0.131 e. The molecule has 2 aromatic carbocycles. The van der Waals surface area contributed by atoms with Crippen molar-refractivity contribution in [3.63, 3.8) is 0 Å². The first-order chi connectivity index (χ1) is 8.79. The Balaban J connectivity index is 0.00000133. The predicted octanol–water partition coefficient (Wildman–Crippen LogP) is 3.69. The second-order valence-electron chi connectivity index (χ2n) is 4.45. The number of hydrogen-bond acceptors (Lipinski definition) is 2. The van der Waals surface area contributed by atoms with Gasteiger partial charge in [-0.2, -0.15) is 0 Å². The van der Waals surface area contributed by atoms with Gasteiger partial charge in [0.2, 0.25) is 0 Å². The van der Waals surface area contributed by atoms with E-state index in [0.717, 1.165) is 28.3 Å². The third kappa shape index (κ3) is 2.57. The van der Waals surface area contributed by atoms with Crippen LogP contribution < -0.4 is 10.5 Å². The van der Waals surface area contributed by atoms with Crippen LogP contribution >= 0.6 is 24.0 Å². The summed E-state index contributed by atoms with van der Waals surface area (Å²) in [6.45, 7) is 0.538. The van der Waals surface area contributed by atoms with Gasteiger partial charge in [-0.1, -0.05) is 48.0 Å². The van der Waals surface area contributed by atoms with Gasteiger partial charge in [-0.05, 0) is 11.6 Å². The van der Waals surface area contributed by atoms with Gasteiger partial charge in [-0.3, -0.25) is 0 Å². The summed E-state index contributed by atoms with van der Waals surface area (Å²) in [5.41, 5.74) is 8.95. The van der Waals surface area contributed by atoms with Gasteiger partial charge in [-0.15, -0.1) is 12.4 Å². The summed E-state index contributed by atoms with van der Waals surface area (Å²) in [5, 5.41) is 0.741. The van der Waals surface area contributed by atoms with Crippen molar-refractivity contribution in [2.75, 3.05) is 6.54 Å². The van der Waals surface area contributed by atoms with Crippen LogP contribution in [0.5, 0.6) is 5.75 Å². The van der Waals surface area contributed by atoms with Crippen LogP contribution in [0.25, 0.3) is 11.1 Å². The molecule has 0 saturated carbocycles. The van der Waals surface area contributed by atoms with Crippen molar-refractivity contribution >= 4 is 24.0 Å². The zero-order chi connectivity index (χ0) is 12.5. The lowest BCUT2D eigenvalue weighted by Gasteiger charge is -2.11. The van der Waals surface area contributed by atoms with E-state index >= 15 is 0 Å². The molecule has 0 bridgehead atoms. The van der Waals surface area contributed by atoms with Gasteiger partial charge in [-0.25, -0.2) is 0 Å². The fourth-order valence-electron chi connectivity index (χ4n) is 2.36. The second-order valence-corrected chi connectivity index (χ2v) is 4.86. The maximum absolute atomic E-state index is 6.25. The molecule has 19 heavy (non-hydrogen) atoms. The van der Waals surface area contributed by atoms with Crippen LogP contribution in [-0.2, 0) is 6.42 Å². The number of rotatable bonds is 2. The van der Waals surface area contributed by atoms with E-state index in [2.05, 4.69) is 6.07 Å². The van der Waals surface area contributed by atoms with Crippen molar-refractivity contribution < 1.29 is 4.74 Å². The maximum atomic E-state index is 6.25. The molecule has 0 radical (unpaired) electrons. The maximum Gasteiger partial charge on any atom is 0.131 e. The molecule has 0 aliphatic carbocycles. The Hall–Kier alpha value is -1.22. The Morgan fingerprint density at radius 1 is 1.11 bits per heavy atom. The summed E-state index contributed by atoms with van der Waals surface area (Å²) in [6.07, 6.45) is 0.966.